The van der Waals surface area contributed by atoms with E-state index in [0.717, 1.165) is 12.0 Å². The van der Waals surface area contributed by atoms with Crippen molar-refractivity contribution in [1.82, 2.24) is 0 Å². The van der Waals surface area contributed by atoms with Gasteiger partial charge in [0.2, 0.25) is 0 Å². The zero-order valence-electron chi connectivity index (χ0n) is 15.3. The number of phenolic OH excluding ortho intramolecular Hbond substituents is 1. The molecular formula is C23H21NO4. The Morgan fingerprint density at radius 3 is 2.25 bits per heavy atom. The molecule has 0 bridgehead atoms. The highest BCUT2D eigenvalue weighted by Crippen LogP contribution is 2.15. The monoisotopic (exact) mass is 375 g/mol. The first-order valence-electron chi connectivity index (χ1n) is 8.99. The van der Waals surface area contributed by atoms with Crippen molar-refractivity contribution in [2.24, 2.45) is 0 Å². The Balaban J connectivity index is 1.56. The van der Waals surface area contributed by atoms with Crippen LogP contribution >= 0.6 is 0 Å². The summed E-state index contributed by atoms with van der Waals surface area (Å²) in [6.07, 6.45) is 1.52. The fourth-order valence-electron chi connectivity index (χ4n) is 2.81. The minimum Gasteiger partial charge on any atom is -0.508 e. The lowest BCUT2D eigenvalue weighted by Gasteiger charge is -2.10. The van der Waals surface area contributed by atoms with Gasteiger partial charge >= 0.3 is 5.97 Å². The molecule has 5 nitrogen and oxygen atoms in total. The summed E-state index contributed by atoms with van der Waals surface area (Å²) in [5.74, 6) is -0.859. The molecule has 3 aromatic rings. The summed E-state index contributed by atoms with van der Waals surface area (Å²) in [5, 5.41) is 11.9. The average Bonchev–Trinajstić information content (AvgIpc) is 2.73. The van der Waals surface area contributed by atoms with Gasteiger partial charge in [-0.25, -0.2) is 4.79 Å². The number of hydrogen-bond acceptors (Lipinski definition) is 4. The largest absolute Gasteiger partial charge is 0.508 e. The number of carbonyl (C=O) groups is 2. The molecule has 0 spiro atoms. The Kier molecular flexibility index (Phi) is 6.41. The van der Waals surface area contributed by atoms with Crippen molar-refractivity contribution in [3.63, 3.8) is 0 Å². The summed E-state index contributed by atoms with van der Waals surface area (Å²) >= 11 is 0. The van der Waals surface area contributed by atoms with E-state index in [1.54, 1.807) is 24.3 Å². The van der Waals surface area contributed by atoms with E-state index in [-0.39, 0.29) is 12.4 Å². The molecule has 0 atom stereocenters. The van der Waals surface area contributed by atoms with Crippen molar-refractivity contribution in [3.05, 3.63) is 95.6 Å². The Labute approximate surface area is 163 Å². The summed E-state index contributed by atoms with van der Waals surface area (Å²) in [6, 6.07) is 23.4. The molecule has 28 heavy (non-hydrogen) atoms. The van der Waals surface area contributed by atoms with Gasteiger partial charge in [-0.05, 0) is 54.3 Å². The molecule has 0 fully saturated rings. The van der Waals surface area contributed by atoms with E-state index in [4.69, 9.17) is 4.74 Å². The van der Waals surface area contributed by atoms with Gasteiger partial charge in [-0.1, -0.05) is 48.5 Å². The van der Waals surface area contributed by atoms with Gasteiger partial charge in [0.15, 0.2) is 6.61 Å². The number of rotatable bonds is 7. The highest BCUT2D eigenvalue weighted by Gasteiger charge is 2.14. The highest BCUT2D eigenvalue weighted by atomic mass is 16.5. The number of aryl methyl sites for hydroxylation is 2. The Hall–Kier alpha value is -3.60. The van der Waals surface area contributed by atoms with E-state index < -0.39 is 11.9 Å². The molecule has 1 amide bonds. The number of carbonyl (C=O) groups excluding carboxylic acids is 2. The maximum Gasteiger partial charge on any atom is 0.338 e. The number of esters is 1. The Morgan fingerprint density at radius 2 is 1.50 bits per heavy atom. The number of ether oxygens (including phenoxy) is 1. The van der Waals surface area contributed by atoms with Gasteiger partial charge in [0.05, 0.1) is 5.56 Å². The fourth-order valence-corrected chi connectivity index (χ4v) is 2.81. The van der Waals surface area contributed by atoms with Crippen LogP contribution in [0.4, 0.5) is 5.69 Å². The number of anilines is 1. The minimum absolute atomic E-state index is 0.108. The van der Waals surface area contributed by atoms with E-state index in [9.17, 15) is 14.7 Å². The second-order valence-corrected chi connectivity index (χ2v) is 6.31. The van der Waals surface area contributed by atoms with Crippen LogP contribution in [-0.2, 0) is 22.4 Å². The number of phenols is 1. The predicted octanol–water partition coefficient (Wildman–Crippen LogP) is 3.97. The number of hydrogen-bond donors (Lipinski definition) is 2. The third-order valence-corrected chi connectivity index (χ3v) is 4.25. The van der Waals surface area contributed by atoms with Crippen LogP contribution in [0.3, 0.4) is 0 Å². The summed E-state index contributed by atoms with van der Waals surface area (Å²) in [4.78, 5) is 24.4. The summed E-state index contributed by atoms with van der Waals surface area (Å²) in [7, 11) is 0. The van der Waals surface area contributed by atoms with Gasteiger partial charge in [-0.2, -0.15) is 0 Å². The normalized spacial score (nSPS) is 10.3. The molecule has 0 aliphatic rings. The van der Waals surface area contributed by atoms with Crippen molar-refractivity contribution in [2.45, 2.75) is 12.8 Å². The van der Waals surface area contributed by atoms with Gasteiger partial charge < -0.3 is 15.2 Å². The third kappa shape index (κ3) is 5.45. The summed E-state index contributed by atoms with van der Waals surface area (Å²) < 4.78 is 5.18. The van der Waals surface area contributed by atoms with Gasteiger partial charge in [0.25, 0.3) is 5.91 Å². The van der Waals surface area contributed by atoms with Gasteiger partial charge in [-0.15, -0.1) is 0 Å². The summed E-state index contributed by atoms with van der Waals surface area (Å²) in [6.45, 7) is -0.382. The zero-order chi connectivity index (χ0) is 19.8. The van der Waals surface area contributed by atoms with Crippen LogP contribution in [0.25, 0.3) is 0 Å². The number of amides is 1. The van der Waals surface area contributed by atoms with E-state index in [0.29, 0.717) is 17.7 Å². The van der Waals surface area contributed by atoms with Gasteiger partial charge in [0.1, 0.15) is 5.75 Å². The second kappa shape index (κ2) is 9.37. The standard InChI is InChI=1S/C23H21NO4/c25-20-14-12-19(13-15-20)24-22(26)16-28-23(27)21-9-5-4-8-18(21)11-10-17-6-2-1-3-7-17/h1-9,12-15,25H,10-11,16H2,(H,24,26). The molecule has 0 unspecified atom stereocenters. The maximum atomic E-state index is 12.4. The van der Waals surface area contributed by atoms with Crippen LogP contribution in [0.1, 0.15) is 21.5 Å². The molecule has 0 aliphatic heterocycles. The quantitative estimate of drug-likeness (QED) is 0.484. The molecular weight excluding hydrogens is 354 g/mol. The van der Waals surface area contributed by atoms with Crippen molar-refractivity contribution < 1.29 is 19.4 Å². The van der Waals surface area contributed by atoms with Crippen LogP contribution in [-0.4, -0.2) is 23.6 Å². The third-order valence-electron chi connectivity index (χ3n) is 4.25. The average molecular weight is 375 g/mol. The number of nitrogens with one attached hydrogen (secondary N) is 1. The molecule has 0 saturated heterocycles. The van der Waals surface area contributed by atoms with Gasteiger partial charge in [-0.3, -0.25) is 4.79 Å². The number of aromatic hydroxyl groups is 1. The molecule has 0 aliphatic carbocycles. The molecule has 0 aromatic heterocycles. The first-order valence-corrected chi connectivity index (χ1v) is 8.99. The zero-order valence-corrected chi connectivity index (χ0v) is 15.3. The Bertz CT molecular complexity index is 936. The maximum absolute atomic E-state index is 12.4. The first kappa shape index (κ1) is 19.2. The Morgan fingerprint density at radius 1 is 0.821 bits per heavy atom. The smallest absolute Gasteiger partial charge is 0.338 e. The molecule has 3 aromatic carbocycles. The van der Waals surface area contributed by atoms with Crippen molar-refractivity contribution in [2.75, 3.05) is 11.9 Å². The lowest BCUT2D eigenvalue weighted by Crippen LogP contribution is -2.21. The molecule has 0 saturated carbocycles. The van der Waals surface area contributed by atoms with E-state index >= 15 is 0 Å². The van der Waals surface area contributed by atoms with Crippen LogP contribution < -0.4 is 5.32 Å². The van der Waals surface area contributed by atoms with Crippen LogP contribution in [0.5, 0.6) is 5.75 Å². The molecule has 142 valence electrons. The van der Waals surface area contributed by atoms with Crippen molar-refractivity contribution in [1.29, 1.82) is 0 Å². The van der Waals surface area contributed by atoms with Crippen LogP contribution in [0, 0.1) is 0 Å². The lowest BCUT2D eigenvalue weighted by molar-refractivity contribution is -0.119. The highest BCUT2D eigenvalue weighted by molar-refractivity contribution is 5.96. The van der Waals surface area contributed by atoms with Crippen molar-refractivity contribution in [3.8, 4) is 5.75 Å². The predicted molar refractivity (Wildman–Crippen MR) is 107 cm³/mol. The molecule has 3 rings (SSSR count). The minimum atomic E-state index is -0.524. The lowest BCUT2D eigenvalue weighted by atomic mass is 10.00. The molecule has 5 heteroatoms. The van der Waals surface area contributed by atoms with Crippen LogP contribution in [0.2, 0.25) is 0 Å². The number of benzene rings is 3. The van der Waals surface area contributed by atoms with E-state index in [1.807, 2.05) is 30.3 Å². The molecule has 0 radical (unpaired) electrons. The molecule has 2 N–H and O–H groups in total. The van der Waals surface area contributed by atoms with Gasteiger partial charge in [0, 0.05) is 5.69 Å². The van der Waals surface area contributed by atoms with Crippen molar-refractivity contribution >= 4 is 17.6 Å². The summed E-state index contributed by atoms with van der Waals surface area (Å²) in [5.41, 5.74) is 3.06. The van der Waals surface area contributed by atoms with E-state index in [1.165, 1.54) is 17.7 Å². The van der Waals surface area contributed by atoms with E-state index in [2.05, 4.69) is 17.4 Å². The topological polar surface area (TPSA) is 75.6 Å². The fraction of sp³-hybridized carbons (Fsp3) is 0.130. The second-order valence-electron chi connectivity index (χ2n) is 6.31. The SMILES string of the molecule is O=C(COC(=O)c1ccccc1CCc1ccccc1)Nc1ccc(O)cc1. The van der Waals surface area contributed by atoms with Crippen LogP contribution in [0.15, 0.2) is 78.9 Å². The molecule has 0 heterocycles. The first-order chi connectivity index (χ1) is 13.6.